The van der Waals surface area contributed by atoms with Crippen molar-refractivity contribution in [3.8, 4) is 0 Å². The highest BCUT2D eigenvalue weighted by molar-refractivity contribution is 6.89. The van der Waals surface area contributed by atoms with E-state index in [0.717, 1.165) is 5.46 Å². The van der Waals surface area contributed by atoms with E-state index in [-0.39, 0.29) is 0 Å². The zero-order valence-electron chi connectivity index (χ0n) is 8.09. The Labute approximate surface area is 77.4 Å². The molecule has 1 aromatic rings. The summed E-state index contributed by atoms with van der Waals surface area (Å²) in [5, 5.41) is 1.50. The summed E-state index contributed by atoms with van der Waals surface area (Å²) in [6.07, 6.45) is 0. The molecule has 0 aliphatic carbocycles. The van der Waals surface area contributed by atoms with E-state index >= 15 is 0 Å². The molecule has 0 amide bonds. The summed E-state index contributed by atoms with van der Waals surface area (Å²) >= 11 is 0. The normalized spacial score (nSPS) is 11.7. The van der Waals surface area contributed by atoms with Gasteiger partial charge in [-0.25, -0.2) is 0 Å². The van der Waals surface area contributed by atoms with Crippen molar-refractivity contribution in [2.75, 3.05) is 0 Å². The molecule has 1 aromatic carbocycles. The predicted molar refractivity (Wildman–Crippen MR) is 59.4 cm³/mol. The van der Waals surface area contributed by atoms with Gasteiger partial charge in [0, 0.05) is 0 Å². The zero-order valence-corrected chi connectivity index (χ0v) is 9.09. The fraction of sp³-hybridized carbons (Fsp3) is 0.400. The third kappa shape index (κ3) is 2.01. The van der Waals surface area contributed by atoms with Crippen LogP contribution in [0.4, 0.5) is 0 Å². The average Bonchev–Trinajstić information content (AvgIpc) is 2.05. The van der Waals surface area contributed by atoms with Crippen LogP contribution in [0.2, 0.25) is 19.1 Å². The first kappa shape index (κ1) is 9.59. The summed E-state index contributed by atoms with van der Waals surface area (Å²) in [6, 6.07) is 9.63. The van der Waals surface area contributed by atoms with Gasteiger partial charge in [-0.15, -0.1) is 12.1 Å². The molecule has 0 N–H and O–H groups in total. The Morgan fingerprint density at radius 3 is 2.08 bits per heavy atom. The van der Waals surface area contributed by atoms with Gasteiger partial charge in [0.25, 0.3) is 0 Å². The second kappa shape index (κ2) is 3.48. The van der Waals surface area contributed by atoms with Crippen LogP contribution in [0.3, 0.4) is 0 Å². The van der Waals surface area contributed by atoms with E-state index in [1.54, 1.807) is 0 Å². The minimum absolute atomic E-state index is 0.861. The molecule has 2 heteroatoms. The van der Waals surface area contributed by atoms with E-state index in [9.17, 15) is 0 Å². The maximum Gasteiger partial charge on any atom is 0.0803 e. The maximum atomic E-state index is 5.63. The fourth-order valence-corrected chi connectivity index (χ4v) is 2.62. The lowest BCUT2D eigenvalue weighted by Gasteiger charge is -2.22. The molecular formula is C10H15BSi-. The molecule has 0 nitrogen and oxygen atoms in total. The lowest BCUT2D eigenvalue weighted by Crippen LogP contribution is -2.40. The van der Waals surface area contributed by atoms with Crippen LogP contribution in [-0.4, -0.2) is 15.9 Å². The van der Waals surface area contributed by atoms with Crippen LogP contribution >= 0.6 is 0 Å². The van der Waals surface area contributed by atoms with Gasteiger partial charge in [-0.1, -0.05) is 43.4 Å². The summed E-state index contributed by atoms with van der Waals surface area (Å²) in [5.74, 6) is 0. The van der Waals surface area contributed by atoms with Crippen LogP contribution in [0.1, 0.15) is 6.92 Å². The Morgan fingerprint density at radius 2 is 1.67 bits per heavy atom. The Bertz CT molecular complexity index is 251. The van der Waals surface area contributed by atoms with Crippen molar-refractivity contribution in [2.45, 2.75) is 26.1 Å². The van der Waals surface area contributed by atoms with Crippen LogP contribution < -0.4 is 10.6 Å². The number of rotatable bonds is 2. The predicted octanol–water partition coefficient (Wildman–Crippen LogP) is 1.42. The third-order valence-electron chi connectivity index (χ3n) is 2.58. The van der Waals surface area contributed by atoms with E-state index in [1.165, 1.54) is 11.2 Å². The Morgan fingerprint density at radius 1 is 1.17 bits per heavy atom. The van der Waals surface area contributed by atoms with Crippen molar-refractivity contribution >= 4 is 26.6 Å². The molecule has 0 aliphatic rings. The summed E-state index contributed by atoms with van der Waals surface area (Å²) in [7, 11) is 4.49. The average molecular weight is 174 g/mol. The largest absolute Gasteiger partial charge is 0.580 e. The van der Waals surface area contributed by atoms with E-state index < -0.39 is 8.07 Å². The topological polar surface area (TPSA) is 0 Å². The van der Waals surface area contributed by atoms with Crippen LogP contribution in [0.5, 0.6) is 0 Å². The van der Waals surface area contributed by atoms with E-state index in [2.05, 4.69) is 32.2 Å². The van der Waals surface area contributed by atoms with Crippen LogP contribution in [0.15, 0.2) is 24.3 Å². The smallest absolute Gasteiger partial charge is 0.0803 e. The second-order valence-corrected chi connectivity index (χ2v) is 8.91. The van der Waals surface area contributed by atoms with Gasteiger partial charge in [-0.05, 0) is 0 Å². The van der Waals surface area contributed by atoms with Gasteiger partial charge in [-0.2, -0.15) is 0 Å². The number of hydrogen-bond acceptors (Lipinski definition) is 0. The quantitative estimate of drug-likeness (QED) is 0.595. The van der Waals surface area contributed by atoms with Gasteiger partial charge in [0.15, 0.2) is 0 Å². The Balaban J connectivity index is 2.96. The molecule has 0 fully saturated rings. The highest BCUT2D eigenvalue weighted by atomic mass is 28.3. The van der Waals surface area contributed by atoms with Crippen LogP contribution in [0.25, 0.3) is 0 Å². The van der Waals surface area contributed by atoms with Crippen molar-refractivity contribution in [3.05, 3.63) is 24.3 Å². The summed E-state index contributed by atoms with van der Waals surface area (Å²) in [4.78, 5) is 0. The molecule has 63 valence electrons. The molecule has 0 saturated heterocycles. The van der Waals surface area contributed by atoms with Gasteiger partial charge < -0.3 is 13.3 Å². The van der Waals surface area contributed by atoms with Crippen molar-refractivity contribution in [1.29, 1.82) is 0 Å². The Kier molecular flexibility index (Phi) is 2.78. The molecule has 0 bridgehead atoms. The van der Waals surface area contributed by atoms with E-state index in [1.807, 2.05) is 12.1 Å². The number of hydrogen-bond donors (Lipinski definition) is 0. The standard InChI is InChI=1S/C10H15BSi/c1-4-12(2,3)10-7-5-9(11)6-8-10/h5-8H,4H2,1-3H3/q-1. The monoisotopic (exact) mass is 174 g/mol. The van der Waals surface area contributed by atoms with E-state index in [4.69, 9.17) is 7.85 Å². The highest BCUT2D eigenvalue weighted by Crippen LogP contribution is 2.07. The first-order valence-corrected chi connectivity index (χ1v) is 7.63. The lowest BCUT2D eigenvalue weighted by molar-refractivity contribution is 1.37. The summed E-state index contributed by atoms with van der Waals surface area (Å²) < 4.78 is 0. The SMILES string of the molecule is [B-]c1ccc([Si](C)(C)CC)cc1. The molecule has 3 radical (unpaired) electrons. The maximum absolute atomic E-state index is 5.63. The Hall–Kier alpha value is -0.498. The first-order chi connectivity index (χ1) is 5.56. The molecule has 12 heavy (non-hydrogen) atoms. The van der Waals surface area contributed by atoms with Crippen molar-refractivity contribution in [3.63, 3.8) is 0 Å². The summed E-state index contributed by atoms with van der Waals surface area (Å²) in [6.45, 7) is 7.04. The van der Waals surface area contributed by atoms with Crippen molar-refractivity contribution in [1.82, 2.24) is 0 Å². The molecule has 0 spiro atoms. The zero-order chi connectivity index (χ0) is 9.19. The van der Waals surface area contributed by atoms with Crippen molar-refractivity contribution < 1.29 is 0 Å². The fourth-order valence-electron chi connectivity index (χ4n) is 1.14. The van der Waals surface area contributed by atoms with Crippen LogP contribution in [0, 0.1) is 0 Å². The summed E-state index contributed by atoms with van der Waals surface area (Å²) in [5.41, 5.74) is 0.861. The molecule has 0 aromatic heterocycles. The minimum Gasteiger partial charge on any atom is -0.580 e. The lowest BCUT2D eigenvalue weighted by atomic mass is 9.97. The molecule has 0 atom stereocenters. The highest BCUT2D eigenvalue weighted by Gasteiger charge is 2.19. The van der Waals surface area contributed by atoms with Gasteiger partial charge in [0.2, 0.25) is 0 Å². The minimum atomic E-state index is -1.13. The molecular weight excluding hydrogens is 159 g/mol. The van der Waals surface area contributed by atoms with Gasteiger partial charge in [0.1, 0.15) is 0 Å². The van der Waals surface area contributed by atoms with Gasteiger partial charge in [-0.3, -0.25) is 0 Å². The van der Waals surface area contributed by atoms with Gasteiger partial charge >= 0.3 is 0 Å². The molecule has 0 aliphatic heterocycles. The van der Waals surface area contributed by atoms with E-state index in [0.29, 0.717) is 0 Å². The molecule has 0 heterocycles. The molecule has 1 rings (SSSR count). The number of benzene rings is 1. The second-order valence-electron chi connectivity index (χ2n) is 3.86. The van der Waals surface area contributed by atoms with Gasteiger partial charge in [0.05, 0.1) is 8.07 Å². The third-order valence-corrected chi connectivity index (χ3v) is 6.24. The molecule has 0 unspecified atom stereocenters. The first-order valence-electron chi connectivity index (χ1n) is 4.42. The van der Waals surface area contributed by atoms with Crippen molar-refractivity contribution in [2.24, 2.45) is 0 Å². The van der Waals surface area contributed by atoms with Crippen LogP contribution in [-0.2, 0) is 0 Å². The molecule has 0 saturated carbocycles.